The molecule has 0 bridgehead atoms. The molecule has 0 atom stereocenters. The maximum Gasteiger partial charge on any atom is 0.372 e. The summed E-state index contributed by atoms with van der Waals surface area (Å²) in [5.74, 6) is -1.18. The normalized spacial score (nSPS) is 10.2. The number of nitrogens with two attached hydrogens (primary N) is 1. The van der Waals surface area contributed by atoms with E-state index in [2.05, 4.69) is 25.9 Å². The standard InChI is InChI=1S/C10H6BrFN4O3/c11-6-2-1-5(3-7(6)12)19-10-8(16(17)18)9(13)14-4-15-10/h1-4H,(H2,13,14,15). The molecule has 0 aliphatic carbocycles. The van der Waals surface area contributed by atoms with Gasteiger partial charge in [0.15, 0.2) is 0 Å². The van der Waals surface area contributed by atoms with Crippen molar-refractivity contribution in [3.05, 3.63) is 44.9 Å². The summed E-state index contributed by atoms with van der Waals surface area (Å²) in [5.41, 5.74) is 4.81. The number of hydrogen-bond donors (Lipinski definition) is 1. The van der Waals surface area contributed by atoms with Crippen molar-refractivity contribution >= 4 is 27.4 Å². The van der Waals surface area contributed by atoms with Crippen LogP contribution in [0.1, 0.15) is 0 Å². The van der Waals surface area contributed by atoms with Crippen LogP contribution in [-0.4, -0.2) is 14.9 Å². The summed E-state index contributed by atoms with van der Waals surface area (Å²) in [6, 6.07) is 3.89. The number of aromatic nitrogens is 2. The van der Waals surface area contributed by atoms with Gasteiger partial charge in [-0.15, -0.1) is 0 Å². The van der Waals surface area contributed by atoms with E-state index in [-0.39, 0.29) is 21.9 Å². The van der Waals surface area contributed by atoms with E-state index in [1.807, 2.05) is 0 Å². The molecule has 1 aromatic heterocycles. The lowest BCUT2D eigenvalue weighted by Gasteiger charge is -2.06. The third-order valence-corrected chi connectivity index (χ3v) is 2.75. The van der Waals surface area contributed by atoms with E-state index in [1.165, 1.54) is 12.1 Å². The molecule has 0 fully saturated rings. The first kappa shape index (κ1) is 13.1. The van der Waals surface area contributed by atoms with Gasteiger partial charge >= 0.3 is 11.6 Å². The minimum Gasteiger partial charge on any atom is -0.433 e. The van der Waals surface area contributed by atoms with E-state index in [9.17, 15) is 14.5 Å². The van der Waals surface area contributed by atoms with Gasteiger partial charge in [-0.3, -0.25) is 10.1 Å². The van der Waals surface area contributed by atoms with Crippen LogP contribution in [0.3, 0.4) is 0 Å². The number of hydrogen-bond acceptors (Lipinski definition) is 6. The lowest BCUT2D eigenvalue weighted by molar-refractivity contribution is -0.385. The number of nitrogens with zero attached hydrogens (tertiary/aromatic N) is 3. The predicted octanol–water partition coefficient (Wildman–Crippen LogP) is 2.66. The van der Waals surface area contributed by atoms with Crippen molar-refractivity contribution in [3.63, 3.8) is 0 Å². The Kier molecular flexibility index (Phi) is 3.56. The van der Waals surface area contributed by atoms with E-state index < -0.39 is 16.4 Å². The number of ether oxygens (including phenoxy) is 1. The van der Waals surface area contributed by atoms with Gasteiger partial charge in [-0.05, 0) is 28.1 Å². The van der Waals surface area contributed by atoms with Crippen molar-refractivity contribution < 1.29 is 14.1 Å². The summed E-state index contributed by atoms with van der Waals surface area (Å²) in [6.45, 7) is 0. The van der Waals surface area contributed by atoms with Crippen LogP contribution in [0.2, 0.25) is 0 Å². The Morgan fingerprint density at radius 3 is 2.79 bits per heavy atom. The Labute approximate surface area is 114 Å². The number of nitrogen functional groups attached to an aromatic ring is 1. The van der Waals surface area contributed by atoms with Gasteiger partial charge in [-0.25, -0.2) is 9.37 Å². The van der Waals surface area contributed by atoms with E-state index in [4.69, 9.17) is 10.5 Å². The summed E-state index contributed by atoms with van der Waals surface area (Å²) in [7, 11) is 0. The second-order valence-corrected chi connectivity index (χ2v) is 4.20. The molecule has 2 rings (SSSR count). The first-order valence-corrected chi connectivity index (χ1v) is 5.66. The number of halogens is 2. The highest BCUT2D eigenvalue weighted by molar-refractivity contribution is 9.10. The van der Waals surface area contributed by atoms with E-state index >= 15 is 0 Å². The van der Waals surface area contributed by atoms with Crippen molar-refractivity contribution in [1.29, 1.82) is 0 Å². The molecule has 0 saturated heterocycles. The zero-order valence-electron chi connectivity index (χ0n) is 9.21. The summed E-state index contributed by atoms with van der Waals surface area (Å²) < 4.78 is 18.7. The van der Waals surface area contributed by atoms with Gasteiger partial charge in [0.25, 0.3) is 0 Å². The largest absolute Gasteiger partial charge is 0.433 e. The summed E-state index contributed by atoms with van der Waals surface area (Å²) in [4.78, 5) is 17.2. The number of benzene rings is 1. The Morgan fingerprint density at radius 2 is 2.16 bits per heavy atom. The smallest absolute Gasteiger partial charge is 0.372 e. The summed E-state index contributed by atoms with van der Waals surface area (Å²) in [5, 5.41) is 10.8. The van der Waals surface area contributed by atoms with Crippen LogP contribution >= 0.6 is 15.9 Å². The van der Waals surface area contributed by atoms with E-state index in [0.29, 0.717) is 0 Å². The Hall–Kier alpha value is -2.29. The van der Waals surface area contributed by atoms with Crippen LogP contribution in [0.25, 0.3) is 0 Å². The molecule has 0 radical (unpaired) electrons. The van der Waals surface area contributed by atoms with Crippen molar-refractivity contribution in [1.82, 2.24) is 9.97 Å². The molecule has 0 saturated carbocycles. The molecule has 1 heterocycles. The monoisotopic (exact) mass is 328 g/mol. The molecule has 7 nitrogen and oxygen atoms in total. The van der Waals surface area contributed by atoms with Crippen molar-refractivity contribution in [2.45, 2.75) is 0 Å². The molecule has 0 spiro atoms. The molecular weight excluding hydrogens is 323 g/mol. The van der Waals surface area contributed by atoms with Crippen molar-refractivity contribution in [2.24, 2.45) is 0 Å². The molecule has 19 heavy (non-hydrogen) atoms. The molecular formula is C10H6BrFN4O3. The highest BCUT2D eigenvalue weighted by atomic mass is 79.9. The molecule has 98 valence electrons. The average Bonchev–Trinajstić information content (AvgIpc) is 2.33. The molecule has 0 amide bonds. The zero-order valence-corrected chi connectivity index (χ0v) is 10.8. The van der Waals surface area contributed by atoms with Gasteiger partial charge in [-0.2, -0.15) is 4.98 Å². The van der Waals surface area contributed by atoms with Crippen LogP contribution in [0.15, 0.2) is 29.0 Å². The van der Waals surface area contributed by atoms with Crippen LogP contribution in [0.5, 0.6) is 11.6 Å². The van der Waals surface area contributed by atoms with Crippen LogP contribution < -0.4 is 10.5 Å². The quantitative estimate of drug-likeness (QED) is 0.686. The molecule has 1 aromatic carbocycles. The van der Waals surface area contributed by atoms with Crippen LogP contribution in [0, 0.1) is 15.9 Å². The Morgan fingerprint density at radius 1 is 1.42 bits per heavy atom. The fourth-order valence-electron chi connectivity index (χ4n) is 1.27. The number of nitro groups is 1. The van der Waals surface area contributed by atoms with Gasteiger partial charge in [0.05, 0.1) is 9.40 Å². The lowest BCUT2D eigenvalue weighted by atomic mass is 10.3. The maximum absolute atomic E-state index is 13.3. The minimum absolute atomic E-state index is 0.0573. The highest BCUT2D eigenvalue weighted by Gasteiger charge is 2.23. The Balaban J connectivity index is 2.40. The molecule has 2 N–H and O–H groups in total. The second-order valence-electron chi connectivity index (χ2n) is 3.35. The maximum atomic E-state index is 13.3. The van der Waals surface area contributed by atoms with Gasteiger partial charge in [-0.1, -0.05) is 0 Å². The SMILES string of the molecule is Nc1ncnc(Oc2ccc(Br)c(F)c2)c1[N+](=O)[O-]. The van der Waals surface area contributed by atoms with E-state index in [1.54, 1.807) is 0 Å². The Bertz CT molecular complexity index is 653. The van der Waals surface area contributed by atoms with Gasteiger partial charge in [0.2, 0.25) is 5.82 Å². The van der Waals surface area contributed by atoms with Gasteiger partial charge < -0.3 is 10.5 Å². The topological polar surface area (TPSA) is 104 Å². The molecule has 2 aromatic rings. The zero-order chi connectivity index (χ0) is 14.0. The van der Waals surface area contributed by atoms with Crippen molar-refractivity contribution in [3.8, 4) is 11.6 Å². The highest BCUT2D eigenvalue weighted by Crippen LogP contribution is 2.33. The predicted molar refractivity (Wildman–Crippen MR) is 67.3 cm³/mol. The minimum atomic E-state index is -0.764. The fraction of sp³-hybridized carbons (Fsp3) is 0. The third kappa shape index (κ3) is 2.76. The van der Waals surface area contributed by atoms with Gasteiger partial charge in [0.1, 0.15) is 17.9 Å². The fourth-order valence-corrected chi connectivity index (χ4v) is 1.52. The van der Waals surface area contributed by atoms with Crippen LogP contribution in [-0.2, 0) is 0 Å². The molecule has 0 aliphatic heterocycles. The molecule has 0 unspecified atom stereocenters. The average molecular weight is 329 g/mol. The van der Waals surface area contributed by atoms with E-state index in [0.717, 1.165) is 12.4 Å². The summed E-state index contributed by atoms with van der Waals surface area (Å²) in [6.07, 6.45) is 1.02. The first-order chi connectivity index (χ1) is 8.99. The second kappa shape index (κ2) is 5.14. The van der Waals surface area contributed by atoms with Gasteiger partial charge in [0, 0.05) is 6.07 Å². The third-order valence-electron chi connectivity index (χ3n) is 2.11. The first-order valence-electron chi connectivity index (χ1n) is 4.87. The lowest BCUT2D eigenvalue weighted by Crippen LogP contribution is -2.02. The number of anilines is 1. The number of rotatable bonds is 3. The molecule has 0 aliphatic rings. The summed E-state index contributed by atoms with van der Waals surface area (Å²) >= 11 is 2.98. The van der Waals surface area contributed by atoms with Crippen LogP contribution in [0.4, 0.5) is 15.9 Å². The molecule has 9 heteroatoms. The van der Waals surface area contributed by atoms with Crippen molar-refractivity contribution in [2.75, 3.05) is 5.73 Å².